The molecule has 0 bridgehead atoms. The third-order valence-corrected chi connectivity index (χ3v) is 7.28. The van der Waals surface area contributed by atoms with Crippen LogP contribution in [0.1, 0.15) is 36.4 Å². The number of ether oxygens (including phenoxy) is 1. The second-order valence-electron chi connectivity index (χ2n) is 10.3. The summed E-state index contributed by atoms with van der Waals surface area (Å²) in [5, 5.41) is 14.0. The number of rotatable bonds is 15. The van der Waals surface area contributed by atoms with E-state index in [0.29, 0.717) is 12.4 Å². The zero-order valence-corrected chi connectivity index (χ0v) is 24.5. The summed E-state index contributed by atoms with van der Waals surface area (Å²) in [4.78, 5) is 0. The number of likely N-dealkylation sites (N-methyl/N-ethyl adjacent to an activating group) is 1. The molecule has 1 aliphatic heterocycles. The third kappa shape index (κ3) is 8.35. The summed E-state index contributed by atoms with van der Waals surface area (Å²) in [7, 11) is 3.91. The van der Waals surface area contributed by atoms with Crippen molar-refractivity contribution >= 4 is 6.08 Å². The lowest BCUT2D eigenvalue weighted by atomic mass is 9.90. The van der Waals surface area contributed by atoms with Gasteiger partial charge in [0.15, 0.2) is 0 Å². The fraction of sp³-hybridized carbons (Fsp3) is 0.257. The molecule has 2 unspecified atom stereocenters. The molecule has 3 aromatic rings. The second-order valence-corrected chi connectivity index (χ2v) is 10.3. The Morgan fingerprint density at radius 2 is 1.67 bits per heavy atom. The molecule has 0 radical (unpaired) electrons. The second kappa shape index (κ2) is 15.6. The lowest BCUT2D eigenvalue weighted by molar-refractivity contribution is 0.476. The van der Waals surface area contributed by atoms with Crippen LogP contribution in [0.4, 0.5) is 4.39 Å². The number of nitrogens with one attached hydrogen (secondary N) is 4. The summed E-state index contributed by atoms with van der Waals surface area (Å²) in [6, 6.07) is 24.3. The number of halogens is 1. The summed E-state index contributed by atoms with van der Waals surface area (Å²) in [6.07, 6.45) is 8.84. The first-order valence-electron chi connectivity index (χ1n) is 14.4. The maximum atomic E-state index is 13.5. The van der Waals surface area contributed by atoms with E-state index in [-0.39, 0.29) is 17.9 Å². The number of benzene rings is 3. The summed E-state index contributed by atoms with van der Waals surface area (Å²) in [6.45, 7) is 5.38. The van der Waals surface area contributed by atoms with Gasteiger partial charge in [-0.25, -0.2) is 4.39 Å². The molecule has 42 heavy (non-hydrogen) atoms. The normalized spacial score (nSPS) is 14.9. The van der Waals surface area contributed by atoms with Crippen LogP contribution >= 0.6 is 0 Å². The highest BCUT2D eigenvalue weighted by Crippen LogP contribution is 2.33. The van der Waals surface area contributed by atoms with Crippen molar-refractivity contribution in [3.05, 3.63) is 137 Å². The lowest BCUT2D eigenvalue weighted by Gasteiger charge is -2.33. The Bertz CT molecular complexity index is 1380. The highest BCUT2D eigenvalue weighted by atomic mass is 19.1. The van der Waals surface area contributed by atoms with Crippen LogP contribution in [0, 0.1) is 5.82 Å². The quantitative estimate of drug-likeness (QED) is 0.142. The molecule has 1 aliphatic rings. The van der Waals surface area contributed by atoms with E-state index in [0.717, 1.165) is 65.3 Å². The van der Waals surface area contributed by atoms with Gasteiger partial charge in [-0.1, -0.05) is 60.7 Å². The van der Waals surface area contributed by atoms with Crippen LogP contribution in [-0.2, 0) is 0 Å². The van der Waals surface area contributed by atoms with E-state index in [1.165, 1.54) is 12.1 Å². The zero-order chi connectivity index (χ0) is 29.7. The largest absolute Gasteiger partial charge is 0.457 e. The van der Waals surface area contributed by atoms with Gasteiger partial charge in [-0.3, -0.25) is 0 Å². The molecule has 3 aromatic carbocycles. The number of hydrogen-bond donors (Lipinski definition) is 5. The van der Waals surface area contributed by atoms with E-state index in [9.17, 15) is 4.39 Å². The zero-order valence-electron chi connectivity index (χ0n) is 24.5. The molecule has 0 spiro atoms. The minimum absolute atomic E-state index is 0.190. The van der Waals surface area contributed by atoms with Crippen molar-refractivity contribution in [2.24, 2.45) is 5.73 Å². The van der Waals surface area contributed by atoms with Crippen LogP contribution in [0.2, 0.25) is 0 Å². The molecule has 6 N–H and O–H groups in total. The van der Waals surface area contributed by atoms with E-state index < -0.39 is 0 Å². The smallest absolute Gasteiger partial charge is 0.127 e. The minimum atomic E-state index is -0.252. The van der Waals surface area contributed by atoms with Gasteiger partial charge in [0.1, 0.15) is 23.1 Å². The lowest BCUT2D eigenvalue weighted by Crippen LogP contribution is -2.41. The first-order chi connectivity index (χ1) is 20.5. The molecule has 4 rings (SSSR count). The van der Waals surface area contributed by atoms with Crippen molar-refractivity contribution in [3.63, 3.8) is 0 Å². The predicted octanol–water partition coefficient (Wildman–Crippen LogP) is 6.15. The molecule has 0 fully saturated rings. The molecule has 1 heterocycles. The van der Waals surface area contributed by atoms with Crippen LogP contribution in [0.5, 0.6) is 11.5 Å². The van der Waals surface area contributed by atoms with E-state index in [1.807, 2.05) is 68.7 Å². The molecule has 7 heteroatoms. The molecule has 220 valence electrons. The average molecular weight is 568 g/mol. The Hall–Kier alpha value is -4.33. The van der Waals surface area contributed by atoms with Gasteiger partial charge < -0.3 is 31.7 Å². The summed E-state index contributed by atoms with van der Waals surface area (Å²) in [5.41, 5.74) is 11.7. The molecule has 0 saturated carbocycles. The molecule has 6 nitrogen and oxygen atoms in total. The Morgan fingerprint density at radius 1 is 0.952 bits per heavy atom. The van der Waals surface area contributed by atoms with Gasteiger partial charge in [-0.15, -0.1) is 6.58 Å². The van der Waals surface area contributed by atoms with E-state index in [1.54, 1.807) is 12.1 Å². The minimum Gasteiger partial charge on any atom is -0.457 e. The standard InChI is InChI=1S/C35H42FN5O/c1-4-5-9-29(22-23-38-2)41-34-27(15-12-25-13-18-28(36)19-14-25)24-40-35(37)32(34)33(39-3)26-16-20-31(21-17-26)42-30-10-7-6-8-11-30/h4,6-8,10-21,29,33,38-41H,1,5,9,22-24,37H2,2-3H3/b15-12+. The van der Waals surface area contributed by atoms with Crippen molar-refractivity contribution in [2.45, 2.75) is 31.3 Å². The molecule has 0 aliphatic carbocycles. The fourth-order valence-corrected chi connectivity index (χ4v) is 5.03. The Balaban J connectivity index is 1.70. The van der Waals surface area contributed by atoms with Crippen LogP contribution in [-0.4, -0.2) is 33.2 Å². The molecule has 0 saturated heterocycles. The molecular weight excluding hydrogens is 525 g/mol. The van der Waals surface area contributed by atoms with Gasteiger partial charge in [-0.05, 0) is 93.0 Å². The van der Waals surface area contributed by atoms with Crippen LogP contribution < -0.4 is 31.7 Å². The van der Waals surface area contributed by atoms with Gasteiger partial charge in [0.2, 0.25) is 0 Å². The van der Waals surface area contributed by atoms with Gasteiger partial charge in [0, 0.05) is 23.9 Å². The summed E-state index contributed by atoms with van der Waals surface area (Å²) < 4.78 is 19.5. The number of nitrogens with two attached hydrogens (primary N) is 1. The van der Waals surface area contributed by atoms with Crippen molar-refractivity contribution < 1.29 is 9.13 Å². The summed E-state index contributed by atoms with van der Waals surface area (Å²) in [5.74, 6) is 1.92. The van der Waals surface area contributed by atoms with Crippen molar-refractivity contribution in [1.29, 1.82) is 0 Å². The third-order valence-electron chi connectivity index (χ3n) is 7.28. The van der Waals surface area contributed by atoms with Gasteiger partial charge in [0.05, 0.1) is 6.04 Å². The maximum absolute atomic E-state index is 13.5. The summed E-state index contributed by atoms with van der Waals surface area (Å²) >= 11 is 0. The van der Waals surface area contributed by atoms with E-state index >= 15 is 0 Å². The number of hydrogen-bond acceptors (Lipinski definition) is 6. The highest BCUT2D eigenvalue weighted by Gasteiger charge is 2.28. The highest BCUT2D eigenvalue weighted by molar-refractivity contribution is 5.58. The van der Waals surface area contributed by atoms with Crippen molar-refractivity contribution in [3.8, 4) is 11.5 Å². The van der Waals surface area contributed by atoms with Crippen LogP contribution in [0.3, 0.4) is 0 Å². The monoisotopic (exact) mass is 567 g/mol. The van der Waals surface area contributed by atoms with Gasteiger partial charge in [-0.2, -0.15) is 0 Å². The molecule has 0 aromatic heterocycles. The fourth-order valence-electron chi connectivity index (χ4n) is 5.03. The number of dihydropyridines is 1. The first kappa shape index (κ1) is 30.6. The molecule has 2 atom stereocenters. The first-order valence-corrected chi connectivity index (χ1v) is 14.4. The Morgan fingerprint density at radius 3 is 2.33 bits per heavy atom. The number of allylic oxidation sites excluding steroid dienone is 1. The number of para-hydroxylation sites is 1. The van der Waals surface area contributed by atoms with E-state index in [2.05, 4.69) is 46.1 Å². The van der Waals surface area contributed by atoms with Gasteiger partial charge >= 0.3 is 0 Å². The topological polar surface area (TPSA) is 83.4 Å². The molecule has 0 amide bonds. The maximum Gasteiger partial charge on any atom is 0.127 e. The van der Waals surface area contributed by atoms with Crippen molar-refractivity contribution in [2.75, 3.05) is 27.2 Å². The average Bonchev–Trinajstić information content (AvgIpc) is 3.01. The van der Waals surface area contributed by atoms with Gasteiger partial charge in [0.25, 0.3) is 0 Å². The SMILES string of the molecule is C=CCCC(CCNC)NC1=C(/C=C/c2ccc(F)cc2)CNC(N)=C1C(NC)c1ccc(Oc2ccccc2)cc1. The Kier molecular flexibility index (Phi) is 11.4. The van der Waals surface area contributed by atoms with Crippen LogP contribution in [0.15, 0.2) is 120 Å². The molecular formula is C35H42FN5O. The van der Waals surface area contributed by atoms with E-state index in [4.69, 9.17) is 10.5 Å². The predicted molar refractivity (Wildman–Crippen MR) is 171 cm³/mol. The van der Waals surface area contributed by atoms with Crippen molar-refractivity contribution in [1.82, 2.24) is 21.3 Å². The Labute approximate surface area is 249 Å². The van der Waals surface area contributed by atoms with Crippen LogP contribution in [0.25, 0.3) is 6.08 Å².